The topological polar surface area (TPSA) is 214 Å². The highest BCUT2D eigenvalue weighted by Crippen LogP contribution is 2.26. The Morgan fingerprint density at radius 2 is 1.03 bits per heavy atom. The van der Waals surface area contributed by atoms with E-state index in [1.807, 2.05) is 6.92 Å². The first-order chi connectivity index (χ1) is 30.1. The van der Waals surface area contributed by atoms with Crippen LogP contribution in [0.4, 0.5) is 0 Å². The van der Waals surface area contributed by atoms with Gasteiger partial charge in [0.15, 0.2) is 12.6 Å². The lowest BCUT2D eigenvalue weighted by Gasteiger charge is -2.42. The maximum Gasteiger partial charge on any atom is 0.306 e. The van der Waals surface area contributed by atoms with Crippen LogP contribution in [0.15, 0.2) is 72.9 Å². The second-order valence-electron chi connectivity index (χ2n) is 15.8. The Hall–Kier alpha value is -2.57. The maximum absolute atomic E-state index is 12.5. The molecule has 2 fully saturated rings. The lowest BCUT2D eigenvalue weighted by atomic mass is 9.98. The molecule has 0 bridgehead atoms. The van der Waals surface area contributed by atoms with Crippen LogP contribution in [-0.2, 0) is 33.2 Å². The van der Waals surface area contributed by atoms with Gasteiger partial charge in [-0.05, 0) is 64.2 Å². The summed E-state index contributed by atoms with van der Waals surface area (Å²) in [5, 5.41) is 71.4. The summed E-state index contributed by atoms with van der Waals surface area (Å²) in [7, 11) is 0. The predicted octanol–water partition coefficient (Wildman–Crippen LogP) is 5.56. The molecule has 2 rings (SSSR count). The lowest BCUT2D eigenvalue weighted by Crippen LogP contribution is -2.61. The number of carbonyl (C=O) groups is 1. The Kier molecular flexibility index (Phi) is 32.0. The standard InChI is InChI=1S/C48H80O14/c1-3-5-7-8-9-10-11-12-13-14-15-16-17-18-19-20-21-22-23-24-25-26-27-28-29-30-32-57-34-37(60-40(50)31-6-4-2)35-58-47-46(56)44(54)42(52)39(62-47)36-59-48-45(55)43(53)41(51)38(33-49)61-48/h5,7,9-10,12-13,15-16,18-19,21-22,37-39,41-49,51-56H,3-4,6,8,11,14,17,20,23-36H2,1-2H3/b7-5-,10-9-,13-12-,16-15-,19-18-,22-21-. The maximum atomic E-state index is 12.5. The Morgan fingerprint density at radius 1 is 0.548 bits per heavy atom. The molecular weight excluding hydrogens is 801 g/mol. The fourth-order valence-corrected chi connectivity index (χ4v) is 6.68. The van der Waals surface area contributed by atoms with Crippen LogP contribution in [0.5, 0.6) is 0 Å². The molecule has 0 aromatic rings. The van der Waals surface area contributed by atoms with Crippen molar-refractivity contribution in [2.45, 2.75) is 191 Å². The fraction of sp³-hybridized carbons (Fsp3) is 0.729. The van der Waals surface area contributed by atoms with E-state index >= 15 is 0 Å². The number of hydrogen-bond donors (Lipinski definition) is 7. The molecule has 356 valence electrons. The summed E-state index contributed by atoms with van der Waals surface area (Å²) in [6, 6.07) is 0. The number of carbonyl (C=O) groups excluding carboxylic acids is 1. The SMILES string of the molecule is CC/C=C\C/C=C\C/C=C\C/C=C\C/C=C\C/C=C\CCCCCCCCCOCC(COC1OC(COC2OC(CO)C(O)C(O)C2O)C(O)C(O)C1O)OC(=O)CCCC. The quantitative estimate of drug-likeness (QED) is 0.0240. The molecule has 0 aromatic heterocycles. The summed E-state index contributed by atoms with van der Waals surface area (Å²) >= 11 is 0. The first-order valence-electron chi connectivity index (χ1n) is 23.0. The van der Waals surface area contributed by atoms with Crippen molar-refractivity contribution in [3.8, 4) is 0 Å². The molecule has 7 N–H and O–H groups in total. The van der Waals surface area contributed by atoms with Crippen molar-refractivity contribution in [3.63, 3.8) is 0 Å². The third-order valence-corrected chi connectivity index (χ3v) is 10.5. The number of allylic oxidation sites excluding steroid dienone is 12. The highest BCUT2D eigenvalue weighted by molar-refractivity contribution is 5.69. The van der Waals surface area contributed by atoms with Crippen LogP contribution in [0.3, 0.4) is 0 Å². The van der Waals surface area contributed by atoms with Crippen LogP contribution < -0.4 is 0 Å². The van der Waals surface area contributed by atoms with E-state index in [-0.39, 0.29) is 19.6 Å². The normalized spacial score (nSPS) is 27.9. The molecule has 14 heteroatoms. The van der Waals surface area contributed by atoms with E-state index in [0.717, 1.165) is 77.0 Å². The molecule has 11 atom stereocenters. The molecule has 2 aliphatic rings. The molecule has 0 amide bonds. The summed E-state index contributed by atoms with van der Waals surface area (Å²) < 4.78 is 33.7. The van der Waals surface area contributed by atoms with Crippen molar-refractivity contribution in [1.29, 1.82) is 0 Å². The molecule has 2 aliphatic heterocycles. The third-order valence-electron chi connectivity index (χ3n) is 10.5. The van der Waals surface area contributed by atoms with E-state index < -0.39 is 86.7 Å². The van der Waals surface area contributed by atoms with Gasteiger partial charge in [0.2, 0.25) is 0 Å². The minimum atomic E-state index is -1.71. The van der Waals surface area contributed by atoms with E-state index in [1.165, 1.54) is 19.3 Å². The Morgan fingerprint density at radius 3 is 1.58 bits per heavy atom. The Bertz CT molecular complexity index is 1300. The molecule has 11 unspecified atom stereocenters. The predicted molar refractivity (Wildman–Crippen MR) is 238 cm³/mol. The molecular formula is C48H80O14. The monoisotopic (exact) mass is 881 g/mol. The smallest absolute Gasteiger partial charge is 0.306 e. The van der Waals surface area contributed by atoms with Crippen LogP contribution in [0, 0.1) is 0 Å². The van der Waals surface area contributed by atoms with Crippen molar-refractivity contribution in [3.05, 3.63) is 72.9 Å². The van der Waals surface area contributed by atoms with Crippen LogP contribution in [0.25, 0.3) is 0 Å². The van der Waals surface area contributed by atoms with Crippen molar-refractivity contribution in [1.82, 2.24) is 0 Å². The van der Waals surface area contributed by atoms with Gasteiger partial charge < -0.3 is 64.2 Å². The van der Waals surface area contributed by atoms with Crippen LogP contribution in [-0.4, -0.2) is 142 Å². The van der Waals surface area contributed by atoms with Gasteiger partial charge in [-0.1, -0.05) is 125 Å². The number of hydrogen-bond acceptors (Lipinski definition) is 14. The molecule has 0 spiro atoms. The second-order valence-corrected chi connectivity index (χ2v) is 15.8. The van der Waals surface area contributed by atoms with Crippen molar-refractivity contribution in [2.75, 3.05) is 33.0 Å². The van der Waals surface area contributed by atoms with Gasteiger partial charge >= 0.3 is 5.97 Å². The van der Waals surface area contributed by atoms with Gasteiger partial charge in [0.25, 0.3) is 0 Å². The molecule has 62 heavy (non-hydrogen) atoms. The first kappa shape index (κ1) is 55.6. The summed E-state index contributed by atoms with van der Waals surface area (Å²) in [4.78, 5) is 12.5. The molecule has 14 nitrogen and oxygen atoms in total. The van der Waals surface area contributed by atoms with Crippen LogP contribution >= 0.6 is 0 Å². The molecule has 2 saturated heterocycles. The number of aliphatic hydroxyl groups is 7. The zero-order chi connectivity index (χ0) is 45.2. The van der Waals surface area contributed by atoms with E-state index in [1.54, 1.807) is 0 Å². The minimum absolute atomic E-state index is 0.0457. The van der Waals surface area contributed by atoms with Gasteiger partial charge in [0.05, 0.1) is 26.4 Å². The minimum Gasteiger partial charge on any atom is -0.457 e. The van der Waals surface area contributed by atoms with Gasteiger partial charge in [0.1, 0.15) is 54.9 Å². The second kappa shape index (κ2) is 35.7. The van der Waals surface area contributed by atoms with Gasteiger partial charge in [0, 0.05) is 13.0 Å². The largest absolute Gasteiger partial charge is 0.457 e. The van der Waals surface area contributed by atoms with Gasteiger partial charge in [-0.3, -0.25) is 4.79 Å². The molecule has 0 aliphatic carbocycles. The van der Waals surface area contributed by atoms with Crippen LogP contribution in [0.1, 0.15) is 123 Å². The molecule has 0 radical (unpaired) electrons. The fourth-order valence-electron chi connectivity index (χ4n) is 6.68. The van der Waals surface area contributed by atoms with Gasteiger partial charge in [-0.2, -0.15) is 0 Å². The van der Waals surface area contributed by atoms with E-state index in [2.05, 4.69) is 79.8 Å². The average molecular weight is 881 g/mol. The number of esters is 1. The average Bonchev–Trinajstić information content (AvgIpc) is 3.27. The summed E-state index contributed by atoms with van der Waals surface area (Å²) in [5.74, 6) is -0.420. The van der Waals surface area contributed by atoms with Gasteiger partial charge in [-0.15, -0.1) is 0 Å². The van der Waals surface area contributed by atoms with E-state index in [4.69, 9.17) is 28.4 Å². The highest BCUT2D eigenvalue weighted by Gasteiger charge is 2.47. The van der Waals surface area contributed by atoms with E-state index in [9.17, 15) is 40.5 Å². The summed E-state index contributed by atoms with van der Waals surface area (Å²) in [5.41, 5.74) is 0. The highest BCUT2D eigenvalue weighted by atomic mass is 16.7. The third kappa shape index (κ3) is 23.9. The summed E-state index contributed by atoms with van der Waals surface area (Å²) in [6.07, 6.45) is 26.9. The summed E-state index contributed by atoms with van der Waals surface area (Å²) in [6.45, 7) is 3.24. The zero-order valence-electron chi connectivity index (χ0n) is 37.3. The molecule has 2 heterocycles. The van der Waals surface area contributed by atoms with Crippen molar-refractivity contribution in [2.24, 2.45) is 0 Å². The van der Waals surface area contributed by atoms with Crippen molar-refractivity contribution >= 4 is 5.97 Å². The zero-order valence-corrected chi connectivity index (χ0v) is 37.3. The first-order valence-corrected chi connectivity index (χ1v) is 23.0. The Labute approximate surface area is 370 Å². The number of ether oxygens (including phenoxy) is 6. The number of unbranched alkanes of at least 4 members (excludes halogenated alkanes) is 8. The molecule has 0 aromatic carbocycles. The van der Waals surface area contributed by atoms with Gasteiger partial charge in [-0.25, -0.2) is 0 Å². The number of rotatable bonds is 34. The lowest BCUT2D eigenvalue weighted by molar-refractivity contribution is -0.332. The van der Waals surface area contributed by atoms with Crippen molar-refractivity contribution < 1.29 is 69.0 Å². The Balaban J connectivity index is 1.60. The van der Waals surface area contributed by atoms with E-state index in [0.29, 0.717) is 13.0 Å². The molecule has 0 saturated carbocycles. The van der Waals surface area contributed by atoms with Crippen LogP contribution in [0.2, 0.25) is 0 Å². The number of aliphatic hydroxyl groups excluding tert-OH is 7.